The van der Waals surface area contributed by atoms with Gasteiger partial charge >= 0.3 is 12.1 Å². The van der Waals surface area contributed by atoms with E-state index in [2.05, 4.69) is 27.6 Å². The highest BCUT2D eigenvalue weighted by atomic mass is 16.5. The summed E-state index contributed by atoms with van der Waals surface area (Å²) in [4.78, 5) is 42.1. The first-order valence-corrected chi connectivity index (χ1v) is 11.8. The van der Waals surface area contributed by atoms with Crippen LogP contribution < -0.4 is 15.5 Å². The number of urea groups is 2. The molecule has 5 rings (SSSR count). The second-order valence-corrected chi connectivity index (χ2v) is 9.29. The monoisotopic (exact) mass is 454 g/mol. The third-order valence-corrected chi connectivity index (χ3v) is 6.95. The van der Waals surface area contributed by atoms with Gasteiger partial charge in [-0.15, -0.1) is 0 Å². The van der Waals surface area contributed by atoms with Crippen molar-refractivity contribution in [2.24, 2.45) is 0 Å². The lowest BCUT2D eigenvalue weighted by Crippen LogP contribution is -2.56. The smallest absolute Gasteiger partial charge is 0.329 e. The van der Waals surface area contributed by atoms with Crippen LogP contribution in [0.5, 0.6) is 0 Å². The Morgan fingerprint density at radius 1 is 1.21 bits per heavy atom. The third-order valence-electron chi connectivity index (χ3n) is 6.95. The maximum Gasteiger partial charge on any atom is 0.329 e. The summed E-state index contributed by atoms with van der Waals surface area (Å²) < 4.78 is 5.42. The minimum atomic E-state index is -0.479. The third kappa shape index (κ3) is 4.52. The van der Waals surface area contributed by atoms with Crippen LogP contribution in [0.4, 0.5) is 15.4 Å². The summed E-state index contributed by atoms with van der Waals surface area (Å²) in [7, 11) is 0. The molecular formula is C23H30N6O4. The van der Waals surface area contributed by atoms with Crippen LogP contribution in [-0.2, 0) is 11.3 Å². The first-order valence-electron chi connectivity index (χ1n) is 11.8. The molecule has 1 atom stereocenters. The fraction of sp³-hybridized carbons (Fsp3) is 0.565. The van der Waals surface area contributed by atoms with E-state index in [1.165, 1.54) is 17.7 Å². The number of nitrogens with one attached hydrogen (secondary N) is 2. The van der Waals surface area contributed by atoms with Crippen molar-refractivity contribution >= 4 is 34.8 Å². The Morgan fingerprint density at radius 3 is 2.79 bits per heavy atom. The zero-order chi connectivity index (χ0) is 22.9. The normalized spacial score (nSPS) is 22.8. The van der Waals surface area contributed by atoms with Crippen LogP contribution in [0.25, 0.3) is 11.0 Å². The Bertz CT molecular complexity index is 1060. The molecule has 3 aliphatic rings. The van der Waals surface area contributed by atoms with E-state index in [1.54, 1.807) is 0 Å². The molecule has 3 heterocycles. The lowest BCUT2D eigenvalue weighted by atomic mass is 10.1. The van der Waals surface area contributed by atoms with Gasteiger partial charge in [0.25, 0.3) is 0 Å². The highest BCUT2D eigenvalue weighted by molar-refractivity contribution is 6.08. The largest absolute Gasteiger partial charge is 0.354 e. The summed E-state index contributed by atoms with van der Waals surface area (Å²) in [5, 5.41) is 10.3. The van der Waals surface area contributed by atoms with Gasteiger partial charge in [-0.25, -0.2) is 9.59 Å². The summed E-state index contributed by atoms with van der Waals surface area (Å²) >= 11 is 0. The Hall–Kier alpha value is -3.14. The molecule has 3 fully saturated rings. The molecule has 1 aromatic heterocycles. The second-order valence-electron chi connectivity index (χ2n) is 9.29. The average Bonchev–Trinajstić information content (AvgIpc) is 3.45. The predicted octanol–water partition coefficient (Wildman–Crippen LogP) is 2.43. The molecule has 10 heteroatoms. The van der Waals surface area contributed by atoms with Crippen molar-refractivity contribution in [1.29, 1.82) is 0 Å². The maximum atomic E-state index is 12.6. The Morgan fingerprint density at radius 2 is 2.03 bits per heavy atom. The molecule has 1 aliphatic carbocycles. The fourth-order valence-electron chi connectivity index (χ4n) is 5.02. The van der Waals surface area contributed by atoms with E-state index in [1.807, 2.05) is 23.1 Å². The number of rotatable bonds is 4. The molecule has 0 radical (unpaired) electrons. The van der Waals surface area contributed by atoms with Crippen molar-refractivity contribution < 1.29 is 18.9 Å². The molecule has 2 aromatic rings. The molecule has 1 unspecified atom stereocenters. The number of carbonyl (C=O) groups excluding carboxylic acids is 3. The van der Waals surface area contributed by atoms with Gasteiger partial charge < -0.3 is 14.7 Å². The van der Waals surface area contributed by atoms with Crippen molar-refractivity contribution in [2.45, 2.75) is 57.7 Å². The van der Waals surface area contributed by atoms with E-state index in [0.717, 1.165) is 36.9 Å². The van der Waals surface area contributed by atoms with Crippen molar-refractivity contribution in [3.63, 3.8) is 0 Å². The topological polar surface area (TPSA) is 111 Å². The molecule has 0 spiro atoms. The van der Waals surface area contributed by atoms with Gasteiger partial charge in [-0.05, 0) is 37.5 Å². The summed E-state index contributed by atoms with van der Waals surface area (Å²) in [5.41, 5.74) is 1.68. The van der Waals surface area contributed by atoms with Gasteiger partial charge in [-0.1, -0.05) is 24.1 Å². The molecule has 33 heavy (non-hydrogen) atoms. The minimum Gasteiger partial charge on any atom is -0.354 e. The number of carbonyl (C=O) groups is 3. The molecule has 2 saturated heterocycles. The molecule has 0 bridgehead atoms. The minimum absolute atomic E-state index is 0.0576. The van der Waals surface area contributed by atoms with E-state index in [4.69, 9.17) is 4.52 Å². The van der Waals surface area contributed by atoms with Crippen LogP contribution in [0.15, 0.2) is 22.7 Å². The number of imide groups is 1. The van der Waals surface area contributed by atoms with Crippen molar-refractivity contribution in [3.05, 3.63) is 23.8 Å². The molecule has 176 valence electrons. The summed E-state index contributed by atoms with van der Waals surface area (Å²) in [6, 6.07) is 6.00. The van der Waals surface area contributed by atoms with Gasteiger partial charge in [0, 0.05) is 51.2 Å². The van der Waals surface area contributed by atoms with Crippen LogP contribution in [0.3, 0.4) is 0 Å². The lowest BCUT2D eigenvalue weighted by molar-refractivity contribution is -0.120. The molecule has 2 aliphatic heterocycles. The number of piperazine rings is 1. The number of fused-ring (bicyclic) bond motifs is 1. The Kier molecular flexibility index (Phi) is 5.92. The number of aromatic nitrogens is 1. The van der Waals surface area contributed by atoms with Crippen LogP contribution in [-0.4, -0.2) is 71.2 Å². The number of nitrogens with zero attached hydrogens (tertiary/aromatic N) is 4. The van der Waals surface area contributed by atoms with Crippen LogP contribution in [0.1, 0.15) is 44.6 Å². The number of hydrogen-bond donors (Lipinski definition) is 2. The quantitative estimate of drug-likeness (QED) is 0.734. The van der Waals surface area contributed by atoms with E-state index in [9.17, 15) is 14.4 Å². The molecular weight excluding hydrogens is 424 g/mol. The van der Waals surface area contributed by atoms with Crippen molar-refractivity contribution in [2.75, 3.05) is 31.1 Å². The van der Waals surface area contributed by atoms with Gasteiger partial charge in [-0.3, -0.25) is 19.9 Å². The predicted molar refractivity (Wildman–Crippen MR) is 122 cm³/mol. The Balaban J connectivity index is 1.24. The summed E-state index contributed by atoms with van der Waals surface area (Å²) in [5.74, 6) is 0.146. The zero-order valence-electron chi connectivity index (χ0n) is 18.9. The average molecular weight is 455 g/mol. The molecule has 5 amide bonds. The van der Waals surface area contributed by atoms with E-state index in [-0.39, 0.29) is 30.9 Å². The fourth-order valence-corrected chi connectivity index (χ4v) is 5.02. The standard InChI is InChI=1S/C23H30N6O4/c1-15-13-28(22(31)24-17-4-2-3-5-17)11-10-27(15)14-16-6-7-19-18(12-16)21(26-33-19)29-9-8-20(30)25-23(29)32/h6-7,12,15,17H,2-5,8-11,13-14H2,1H3,(H,24,31)(H,25,30,32). The summed E-state index contributed by atoms with van der Waals surface area (Å²) in [6.07, 6.45) is 4.81. The highest BCUT2D eigenvalue weighted by Gasteiger charge is 2.30. The number of anilines is 1. The first-order chi connectivity index (χ1) is 16.0. The van der Waals surface area contributed by atoms with Gasteiger partial charge in [0.2, 0.25) is 5.91 Å². The molecule has 1 aromatic carbocycles. The van der Waals surface area contributed by atoms with Crippen molar-refractivity contribution in [3.8, 4) is 0 Å². The first kappa shape index (κ1) is 21.7. The lowest BCUT2D eigenvalue weighted by Gasteiger charge is -2.40. The molecule has 2 N–H and O–H groups in total. The maximum absolute atomic E-state index is 12.6. The highest BCUT2D eigenvalue weighted by Crippen LogP contribution is 2.29. The summed E-state index contributed by atoms with van der Waals surface area (Å²) in [6.45, 7) is 5.34. The SMILES string of the molecule is CC1CN(C(=O)NC2CCCC2)CCN1Cc1ccc2onc(N3CCC(=O)NC3=O)c2c1. The zero-order valence-corrected chi connectivity index (χ0v) is 18.9. The molecule has 10 nitrogen and oxygen atoms in total. The Labute approximate surface area is 192 Å². The van der Waals surface area contributed by atoms with E-state index >= 15 is 0 Å². The van der Waals surface area contributed by atoms with Crippen LogP contribution in [0.2, 0.25) is 0 Å². The van der Waals surface area contributed by atoms with Gasteiger partial charge in [0.05, 0.1) is 5.39 Å². The number of benzene rings is 1. The second kappa shape index (κ2) is 9.01. The van der Waals surface area contributed by atoms with Gasteiger partial charge in [0.1, 0.15) is 0 Å². The van der Waals surface area contributed by atoms with Gasteiger partial charge in [-0.2, -0.15) is 0 Å². The van der Waals surface area contributed by atoms with Crippen LogP contribution >= 0.6 is 0 Å². The molecule has 1 saturated carbocycles. The number of hydrogen-bond acceptors (Lipinski definition) is 6. The van der Waals surface area contributed by atoms with Gasteiger partial charge in [0.15, 0.2) is 11.4 Å². The number of amides is 5. The van der Waals surface area contributed by atoms with E-state index in [0.29, 0.717) is 30.5 Å². The van der Waals surface area contributed by atoms with Crippen molar-refractivity contribution in [1.82, 2.24) is 25.6 Å². The van der Waals surface area contributed by atoms with E-state index < -0.39 is 6.03 Å². The van der Waals surface area contributed by atoms with Crippen LogP contribution in [0, 0.1) is 0 Å².